The summed E-state index contributed by atoms with van der Waals surface area (Å²) in [6, 6.07) is 4.56. The lowest BCUT2D eigenvalue weighted by molar-refractivity contribution is 0.0926. The van der Waals surface area contributed by atoms with Crippen molar-refractivity contribution in [1.82, 2.24) is 15.6 Å². The maximum absolute atomic E-state index is 12.4. The van der Waals surface area contributed by atoms with Gasteiger partial charge in [-0.15, -0.1) is 0 Å². The van der Waals surface area contributed by atoms with E-state index in [9.17, 15) is 4.79 Å². The number of piperidine rings is 1. The molecule has 1 aliphatic rings. The molecule has 2 heterocycles. The smallest absolute Gasteiger partial charge is 0.255 e. The molecule has 0 aromatic carbocycles. The topological polar surface area (TPSA) is 66.0 Å². The Morgan fingerprint density at radius 2 is 2.30 bits per heavy atom. The number of hydrogen-bond donors (Lipinski definition) is 3. The van der Waals surface area contributed by atoms with Crippen molar-refractivity contribution in [2.24, 2.45) is 0 Å². The van der Waals surface area contributed by atoms with E-state index in [2.05, 4.69) is 27.9 Å². The number of amides is 1. The zero-order valence-electron chi connectivity index (χ0n) is 12.4. The van der Waals surface area contributed by atoms with Gasteiger partial charge in [0.15, 0.2) is 0 Å². The third-order valence-corrected chi connectivity index (χ3v) is 3.44. The first kappa shape index (κ1) is 14.8. The SMILES string of the molecule is CC(C)Nc1ncccc1C(=O)NC1CCNC(C)C1. The van der Waals surface area contributed by atoms with Crippen molar-refractivity contribution in [3.05, 3.63) is 23.9 Å². The van der Waals surface area contributed by atoms with Crippen LogP contribution >= 0.6 is 0 Å². The number of anilines is 1. The van der Waals surface area contributed by atoms with E-state index < -0.39 is 0 Å². The molecule has 1 fully saturated rings. The van der Waals surface area contributed by atoms with Gasteiger partial charge in [-0.1, -0.05) is 0 Å². The van der Waals surface area contributed by atoms with Gasteiger partial charge < -0.3 is 16.0 Å². The van der Waals surface area contributed by atoms with Crippen LogP contribution in [0.3, 0.4) is 0 Å². The zero-order valence-corrected chi connectivity index (χ0v) is 12.4. The molecule has 1 aromatic heterocycles. The van der Waals surface area contributed by atoms with Gasteiger partial charge in [-0.3, -0.25) is 4.79 Å². The normalized spacial score (nSPS) is 22.6. The Labute approximate surface area is 120 Å². The average molecular weight is 276 g/mol. The molecule has 0 radical (unpaired) electrons. The van der Waals surface area contributed by atoms with Crippen LogP contribution in [0, 0.1) is 0 Å². The van der Waals surface area contributed by atoms with Crippen molar-refractivity contribution >= 4 is 11.7 Å². The first-order valence-electron chi connectivity index (χ1n) is 7.32. The van der Waals surface area contributed by atoms with Gasteiger partial charge in [-0.2, -0.15) is 0 Å². The van der Waals surface area contributed by atoms with Crippen LogP contribution in [0.25, 0.3) is 0 Å². The first-order valence-corrected chi connectivity index (χ1v) is 7.32. The largest absolute Gasteiger partial charge is 0.367 e. The van der Waals surface area contributed by atoms with Crippen molar-refractivity contribution in [1.29, 1.82) is 0 Å². The summed E-state index contributed by atoms with van der Waals surface area (Å²) in [4.78, 5) is 16.7. The number of carbonyl (C=O) groups excluding carboxylic acids is 1. The third kappa shape index (κ3) is 3.93. The molecule has 2 atom stereocenters. The molecule has 2 rings (SSSR count). The van der Waals surface area contributed by atoms with E-state index >= 15 is 0 Å². The highest BCUT2D eigenvalue weighted by molar-refractivity contribution is 5.98. The van der Waals surface area contributed by atoms with E-state index in [-0.39, 0.29) is 18.0 Å². The highest BCUT2D eigenvalue weighted by Crippen LogP contribution is 2.14. The lowest BCUT2D eigenvalue weighted by Gasteiger charge is -2.28. The van der Waals surface area contributed by atoms with Crippen molar-refractivity contribution in [2.45, 2.75) is 51.7 Å². The number of nitrogens with one attached hydrogen (secondary N) is 3. The van der Waals surface area contributed by atoms with Gasteiger partial charge >= 0.3 is 0 Å². The summed E-state index contributed by atoms with van der Waals surface area (Å²) in [5.41, 5.74) is 0.618. The Morgan fingerprint density at radius 3 is 3.00 bits per heavy atom. The van der Waals surface area contributed by atoms with Gasteiger partial charge in [0.1, 0.15) is 5.82 Å². The highest BCUT2D eigenvalue weighted by Gasteiger charge is 2.21. The average Bonchev–Trinajstić information content (AvgIpc) is 2.38. The molecule has 1 aromatic rings. The van der Waals surface area contributed by atoms with E-state index in [0.29, 0.717) is 17.4 Å². The standard InChI is InChI=1S/C15H24N4O/c1-10(2)18-14-13(5-4-7-17-14)15(20)19-12-6-8-16-11(3)9-12/h4-5,7,10-12,16H,6,8-9H2,1-3H3,(H,17,18)(H,19,20). The highest BCUT2D eigenvalue weighted by atomic mass is 16.1. The summed E-state index contributed by atoms with van der Waals surface area (Å²) in [5, 5.41) is 9.72. The summed E-state index contributed by atoms with van der Waals surface area (Å²) >= 11 is 0. The van der Waals surface area contributed by atoms with Crippen LogP contribution in [0.15, 0.2) is 18.3 Å². The van der Waals surface area contributed by atoms with E-state index in [4.69, 9.17) is 0 Å². The molecule has 5 heteroatoms. The van der Waals surface area contributed by atoms with Gasteiger partial charge in [-0.05, 0) is 52.3 Å². The van der Waals surface area contributed by atoms with Crippen LogP contribution < -0.4 is 16.0 Å². The fourth-order valence-electron chi connectivity index (χ4n) is 2.50. The Hall–Kier alpha value is -1.62. The van der Waals surface area contributed by atoms with Gasteiger partial charge in [0.2, 0.25) is 0 Å². The van der Waals surface area contributed by atoms with E-state index in [1.54, 1.807) is 12.3 Å². The molecule has 0 aliphatic carbocycles. The Balaban J connectivity index is 2.05. The van der Waals surface area contributed by atoms with Crippen molar-refractivity contribution < 1.29 is 4.79 Å². The van der Waals surface area contributed by atoms with E-state index in [1.807, 2.05) is 19.9 Å². The molecule has 0 bridgehead atoms. The Bertz CT molecular complexity index is 461. The maximum atomic E-state index is 12.4. The molecule has 0 saturated carbocycles. The zero-order chi connectivity index (χ0) is 14.5. The van der Waals surface area contributed by atoms with Gasteiger partial charge in [0, 0.05) is 24.3 Å². The van der Waals surface area contributed by atoms with E-state index in [1.165, 1.54) is 0 Å². The third-order valence-electron chi connectivity index (χ3n) is 3.44. The quantitative estimate of drug-likeness (QED) is 0.784. The first-order chi connectivity index (χ1) is 9.56. The second kappa shape index (κ2) is 6.70. The van der Waals surface area contributed by atoms with Crippen molar-refractivity contribution in [3.63, 3.8) is 0 Å². The summed E-state index contributed by atoms with van der Waals surface area (Å²) in [5.74, 6) is 0.613. The number of pyridine rings is 1. The summed E-state index contributed by atoms with van der Waals surface area (Å²) in [6.07, 6.45) is 3.65. The summed E-state index contributed by atoms with van der Waals surface area (Å²) in [7, 11) is 0. The van der Waals surface area contributed by atoms with Crippen LogP contribution in [0.1, 0.15) is 44.0 Å². The number of hydrogen-bond acceptors (Lipinski definition) is 4. The lowest BCUT2D eigenvalue weighted by Crippen LogP contribution is -2.46. The predicted molar refractivity (Wildman–Crippen MR) is 80.9 cm³/mol. The molecule has 2 unspecified atom stereocenters. The van der Waals surface area contributed by atoms with E-state index in [0.717, 1.165) is 19.4 Å². The number of carbonyl (C=O) groups is 1. The van der Waals surface area contributed by atoms with Crippen LogP contribution in [0.2, 0.25) is 0 Å². The molecule has 0 spiro atoms. The van der Waals surface area contributed by atoms with Crippen molar-refractivity contribution in [2.75, 3.05) is 11.9 Å². The molecule has 20 heavy (non-hydrogen) atoms. The second-order valence-corrected chi connectivity index (χ2v) is 5.75. The molecule has 1 saturated heterocycles. The minimum atomic E-state index is -0.0413. The summed E-state index contributed by atoms with van der Waals surface area (Å²) in [6.45, 7) is 7.17. The van der Waals surface area contributed by atoms with Crippen LogP contribution in [0.4, 0.5) is 5.82 Å². The lowest BCUT2D eigenvalue weighted by atomic mass is 10.0. The second-order valence-electron chi connectivity index (χ2n) is 5.75. The van der Waals surface area contributed by atoms with Gasteiger partial charge in [0.05, 0.1) is 5.56 Å². The molecule has 110 valence electrons. The Kier molecular flexibility index (Phi) is 4.95. The van der Waals surface area contributed by atoms with Gasteiger partial charge in [-0.25, -0.2) is 4.98 Å². The minimum Gasteiger partial charge on any atom is -0.367 e. The van der Waals surface area contributed by atoms with Gasteiger partial charge in [0.25, 0.3) is 5.91 Å². The predicted octanol–water partition coefficient (Wildman–Crippen LogP) is 1.77. The fraction of sp³-hybridized carbons (Fsp3) is 0.600. The molecule has 5 nitrogen and oxygen atoms in total. The molecule has 1 aliphatic heterocycles. The minimum absolute atomic E-state index is 0.0413. The van der Waals surface area contributed by atoms with Crippen LogP contribution in [0.5, 0.6) is 0 Å². The van der Waals surface area contributed by atoms with Crippen molar-refractivity contribution in [3.8, 4) is 0 Å². The van der Waals surface area contributed by atoms with Crippen LogP contribution in [-0.2, 0) is 0 Å². The molecular formula is C15H24N4O. The van der Waals surface area contributed by atoms with Crippen LogP contribution in [-0.4, -0.2) is 35.6 Å². The fourth-order valence-corrected chi connectivity index (χ4v) is 2.50. The molecule has 1 amide bonds. The number of aromatic nitrogens is 1. The molecule has 3 N–H and O–H groups in total. The number of rotatable bonds is 4. The number of nitrogens with zero attached hydrogens (tertiary/aromatic N) is 1. The monoisotopic (exact) mass is 276 g/mol. The Morgan fingerprint density at radius 1 is 1.50 bits per heavy atom. The summed E-state index contributed by atoms with van der Waals surface area (Å²) < 4.78 is 0. The molecular weight excluding hydrogens is 252 g/mol. The maximum Gasteiger partial charge on any atom is 0.255 e.